The number of aliphatic hydroxyl groups excluding tert-OH is 1. The van der Waals surface area contributed by atoms with E-state index in [2.05, 4.69) is 12.2 Å². The number of rotatable bonds is 13. The van der Waals surface area contributed by atoms with E-state index < -0.39 is 6.10 Å². The average molecular weight is 297 g/mol. The van der Waals surface area contributed by atoms with Crippen molar-refractivity contribution >= 4 is 0 Å². The Hall–Kier alpha value is -0.840. The molecule has 0 aliphatic carbocycles. The van der Waals surface area contributed by atoms with E-state index in [1.54, 1.807) is 6.26 Å². The van der Waals surface area contributed by atoms with Crippen LogP contribution in [0.15, 0.2) is 22.8 Å². The van der Waals surface area contributed by atoms with E-state index >= 15 is 0 Å². The van der Waals surface area contributed by atoms with Gasteiger partial charge in [-0.1, -0.05) is 39.0 Å². The molecule has 1 aromatic heterocycles. The SMILES string of the molecule is CCCCCCCCOCC(O)CN[C@@H](C)c1ccco1. The molecule has 2 atom stereocenters. The molecule has 0 fully saturated rings. The van der Waals surface area contributed by atoms with Crippen LogP contribution in [0.3, 0.4) is 0 Å². The van der Waals surface area contributed by atoms with Gasteiger partial charge < -0.3 is 19.6 Å². The summed E-state index contributed by atoms with van der Waals surface area (Å²) in [7, 11) is 0. The van der Waals surface area contributed by atoms with Gasteiger partial charge >= 0.3 is 0 Å². The van der Waals surface area contributed by atoms with E-state index in [-0.39, 0.29) is 6.04 Å². The number of furan rings is 1. The first kappa shape index (κ1) is 18.2. The van der Waals surface area contributed by atoms with Gasteiger partial charge in [-0.25, -0.2) is 0 Å². The van der Waals surface area contributed by atoms with E-state index in [4.69, 9.17) is 9.15 Å². The zero-order chi connectivity index (χ0) is 15.3. The smallest absolute Gasteiger partial charge is 0.120 e. The van der Waals surface area contributed by atoms with Crippen LogP contribution in [0.4, 0.5) is 0 Å². The van der Waals surface area contributed by atoms with Crippen molar-refractivity contribution in [3.05, 3.63) is 24.2 Å². The summed E-state index contributed by atoms with van der Waals surface area (Å²) in [6, 6.07) is 3.90. The van der Waals surface area contributed by atoms with Crippen molar-refractivity contribution in [1.29, 1.82) is 0 Å². The summed E-state index contributed by atoms with van der Waals surface area (Å²) in [5, 5.41) is 13.1. The highest BCUT2D eigenvalue weighted by atomic mass is 16.5. The third kappa shape index (κ3) is 8.91. The van der Waals surface area contributed by atoms with Gasteiger partial charge in [0.15, 0.2) is 0 Å². The standard InChI is InChI=1S/C17H31NO3/c1-3-4-5-6-7-8-11-20-14-16(19)13-18-15(2)17-10-9-12-21-17/h9-10,12,15-16,18-19H,3-8,11,13-14H2,1-2H3/t15-,16?/m0/s1. The van der Waals surface area contributed by atoms with Crippen LogP contribution in [0, 0.1) is 0 Å². The van der Waals surface area contributed by atoms with Gasteiger partial charge in [-0.2, -0.15) is 0 Å². The number of ether oxygens (including phenoxy) is 1. The van der Waals surface area contributed by atoms with Crippen LogP contribution >= 0.6 is 0 Å². The van der Waals surface area contributed by atoms with E-state index in [1.165, 1.54) is 32.1 Å². The summed E-state index contributed by atoms with van der Waals surface area (Å²) in [6.07, 6.45) is 8.74. The maximum atomic E-state index is 9.85. The Balaban J connectivity index is 1.93. The highest BCUT2D eigenvalue weighted by Crippen LogP contribution is 2.11. The molecule has 0 aliphatic heterocycles. The Bertz CT molecular complexity index is 327. The lowest BCUT2D eigenvalue weighted by molar-refractivity contribution is 0.0340. The van der Waals surface area contributed by atoms with Gasteiger partial charge in [-0.15, -0.1) is 0 Å². The summed E-state index contributed by atoms with van der Waals surface area (Å²) >= 11 is 0. The fourth-order valence-corrected chi connectivity index (χ4v) is 2.21. The molecule has 1 unspecified atom stereocenters. The Labute approximate surface area is 128 Å². The van der Waals surface area contributed by atoms with Crippen molar-refractivity contribution in [3.8, 4) is 0 Å². The molecule has 4 nitrogen and oxygen atoms in total. The first-order valence-electron chi connectivity index (χ1n) is 8.26. The van der Waals surface area contributed by atoms with E-state index in [0.717, 1.165) is 18.8 Å². The number of nitrogens with one attached hydrogen (secondary N) is 1. The molecule has 122 valence electrons. The molecule has 1 heterocycles. The Morgan fingerprint density at radius 2 is 2.00 bits per heavy atom. The van der Waals surface area contributed by atoms with Gasteiger partial charge in [0.1, 0.15) is 5.76 Å². The number of hydrogen-bond acceptors (Lipinski definition) is 4. The monoisotopic (exact) mass is 297 g/mol. The molecule has 0 radical (unpaired) electrons. The minimum atomic E-state index is -0.470. The molecule has 4 heteroatoms. The second kappa shape index (κ2) is 11.8. The van der Waals surface area contributed by atoms with Crippen LogP contribution < -0.4 is 5.32 Å². The second-order valence-corrected chi connectivity index (χ2v) is 5.64. The van der Waals surface area contributed by atoms with Crippen molar-refractivity contribution in [2.75, 3.05) is 19.8 Å². The molecule has 1 rings (SSSR count). The topological polar surface area (TPSA) is 54.6 Å². The molecule has 0 bridgehead atoms. The maximum Gasteiger partial charge on any atom is 0.120 e. The predicted octanol–water partition coefficient (Wildman–Crippen LogP) is 3.67. The van der Waals surface area contributed by atoms with E-state index in [0.29, 0.717) is 13.2 Å². The zero-order valence-electron chi connectivity index (χ0n) is 13.5. The van der Waals surface area contributed by atoms with E-state index in [1.807, 2.05) is 19.1 Å². The molecule has 21 heavy (non-hydrogen) atoms. The zero-order valence-corrected chi connectivity index (χ0v) is 13.5. The van der Waals surface area contributed by atoms with Crippen LogP contribution in [0.2, 0.25) is 0 Å². The van der Waals surface area contributed by atoms with Crippen LogP contribution in [0.25, 0.3) is 0 Å². The van der Waals surface area contributed by atoms with Crippen LogP contribution in [0.1, 0.15) is 64.2 Å². The van der Waals surface area contributed by atoms with Gasteiger partial charge in [0.2, 0.25) is 0 Å². The summed E-state index contributed by atoms with van der Waals surface area (Å²) in [4.78, 5) is 0. The molecular weight excluding hydrogens is 266 g/mol. The lowest BCUT2D eigenvalue weighted by atomic mass is 10.1. The van der Waals surface area contributed by atoms with Crippen molar-refractivity contribution in [2.45, 2.75) is 64.5 Å². The van der Waals surface area contributed by atoms with Gasteiger partial charge in [0, 0.05) is 13.2 Å². The maximum absolute atomic E-state index is 9.85. The lowest BCUT2D eigenvalue weighted by Gasteiger charge is -2.15. The minimum absolute atomic E-state index is 0.105. The molecule has 0 aromatic carbocycles. The summed E-state index contributed by atoms with van der Waals surface area (Å²) in [5.74, 6) is 0.884. The third-order valence-corrected chi connectivity index (χ3v) is 3.58. The Morgan fingerprint density at radius 3 is 2.71 bits per heavy atom. The molecule has 2 N–H and O–H groups in total. The Morgan fingerprint density at radius 1 is 1.24 bits per heavy atom. The highest BCUT2D eigenvalue weighted by Gasteiger charge is 2.10. The normalized spacial score (nSPS) is 14.2. The molecule has 0 spiro atoms. The van der Waals surface area contributed by atoms with Crippen LogP contribution in [0.5, 0.6) is 0 Å². The van der Waals surface area contributed by atoms with Crippen molar-refractivity contribution < 1.29 is 14.3 Å². The average Bonchev–Trinajstić information content (AvgIpc) is 3.02. The van der Waals surface area contributed by atoms with Gasteiger partial charge in [0.05, 0.1) is 25.0 Å². The highest BCUT2D eigenvalue weighted by molar-refractivity contribution is 5.02. The fraction of sp³-hybridized carbons (Fsp3) is 0.765. The summed E-state index contributed by atoms with van der Waals surface area (Å²) in [5.41, 5.74) is 0. The first-order chi connectivity index (χ1) is 10.2. The van der Waals surface area contributed by atoms with E-state index in [9.17, 15) is 5.11 Å². The third-order valence-electron chi connectivity index (χ3n) is 3.58. The van der Waals surface area contributed by atoms with Crippen molar-refractivity contribution in [2.24, 2.45) is 0 Å². The lowest BCUT2D eigenvalue weighted by Crippen LogP contribution is -2.32. The molecule has 0 saturated carbocycles. The van der Waals surface area contributed by atoms with Crippen LogP contribution in [-0.2, 0) is 4.74 Å². The molecule has 0 amide bonds. The minimum Gasteiger partial charge on any atom is -0.468 e. The summed E-state index contributed by atoms with van der Waals surface area (Å²) < 4.78 is 10.8. The predicted molar refractivity (Wildman–Crippen MR) is 85.3 cm³/mol. The largest absolute Gasteiger partial charge is 0.468 e. The summed E-state index contributed by atoms with van der Waals surface area (Å²) in [6.45, 7) is 5.90. The molecule has 0 saturated heterocycles. The Kier molecular flexibility index (Phi) is 10.2. The van der Waals surface area contributed by atoms with Gasteiger partial charge in [0.25, 0.3) is 0 Å². The number of aliphatic hydroxyl groups is 1. The quantitative estimate of drug-likeness (QED) is 0.545. The number of hydrogen-bond donors (Lipinski definition) is 2. The number of unbranched alkanes of at least 4 members (excludes halogenated alkanes) is 5. The molecular formula is C17H31NO3. The van der Waals surface area contributed by atoms with Gasteiger partial charge in [-0.05, 0) is 25.5 Å². The fourth-order valence-electron chi connectivity index (χ4n) is 2.21. The second-order valence-electron chi connectivity index (χ2n) is 5.64. The van der Waals surface area contributed by atoms with Crippen molar-refractivity contribution in [3.63, 3.8) is 0 Å². The van der Waals surface area contributed by atoms with Crippen LogP contribution in [-0.4, -0.2) is 31.0 Å². The molecule has 1 aromatic rings. The van der Waals surface area contributed by atoms with Crippen molar-refractivity contribution in [1.82, 2.24) is 5.32 Å². The van der Waals surface area contributed by atoms with Gasteiger partial charge in [-0.3, -0.25) is 0 Å². The first-order valence-corrected chi connectivity index (χ1v) is 8.26. The molecule has 0 aliphatic rings.